The number of anilines is 2. The predicted molar refractivity (Wildman–Crippen MR) is 146 cm³/mol. The van der Waals surface area contributed by atoms with Crippen LogP contribution in [0.15, 0.2) is 59.4 Å². The summed E-state index contributed by atoms with van der Waals surface area (Å²) < 4.78 is 10.5. The number of hydrogen-bond acceptors (Lipinski definition) is 8. The number of ether oxygens (including phenoxy) is 2. The molecule has 0 radical (unpaired) electrons. The predicted octanol–water partition coefficient (Wildman–Crippen LogP) is 3.65. The van der Waals surface area contributed by atoms with E-state index < -0.39 is 0 Å². The van der Waals surface area contributed by atoms with Gasteiger partial charge in [-0.2, -0.15) is 0 Å². The normalized spacial score (nSPS) is 13.2. The topological polar surface area (TPSA) is 124 Å². The Morgan fingerprint density at radius 1 is 1.16 bits per heavy atom. The van der Waals surface area contributed by atoms with Gasteiger partial charge < -0.3 is 25.8 Å². The van der Waals surface area contributed by atoms with Crippen LogP contribution in [0.2, 0.25) is 0 Å². The molecule has 3 aromatic rings. The van der Waals surface area contributed by atoms with Crippen molar-refractivity contribution < 1.29 is 14.3 Å². The first kappa shape index (κ1) is 25.8. The molecule has 1 aromatic heterocycles. The number of hydrogen-bond donors (Lipinski definition) is 3. The number of aliphatic imine (C=N–C) groups is 1. The Morgan fingerprint density at radius 2 is 1.97 bits per heavy atom. The zero-order chi connectivity index (χ0) is 26.4. The highest BCUT2D eigenvalue weighted by atomic mass is 16.5. The van der Waals surface area contributed by atoms with E-state index in [-0.39, 0.29) is 5.91 Å². The molecule has 1 heterocycles. The van der Waals surface area contributed by atoms with Crippen molar-refractivity contribution in [3.05, 3.63) is 82.3 Å². The van der Waals surface area contributed by atoms with Crippen molar-refractivity contribution in [1.82, 2.24) is 15.3 Å². The van der Waals surface area contributed by atoms with Gasteiger partial charge in [0.05, 0.1) is 30.8 Å². The number of amides is 1. The number of carbonyl (C=O) groups is 1. The lowest BCUT2D eigenvalue weighted by Gasteiger charge is -2.23. The van der Waals surface area contributed by atoms with E-state index in [1.807, 2.05) is 24.4 Å². The van der Waals surface area contributed by atoms with Gasteiger partial charge in [0, 0.05) is 49.3 Å². The monoisotopic (exact) mass is 500 g/mol. The summed E-state index contributed by atoms with van der Waals surface area (Å²) >= 11 is 0. The van der Waals surface area contributed by atoms with Crippen LogP contribution in [0, 0.1) is 6.92 Å². The number of methoxy groups -OCH3 is 2. The van der Waals surface area contributed by atoms with Crippen LogP contribution in [0.25, 0.3) is 5.57 Å². The van der Waals surface area contributed by atoms with Gasteiger partial charge in [0.2, 0.25) is 5.95 Å². The number of nitrogens with zero attached hydrogens (tertiary/aromatic N) is 3. The van der Waals surface area contributed by atoms with Gasteiger partial charge in [-0.25, -0.2) is 9.97 Å². The Morgan fingerprint density at radius 3 is 2.70 bits per heavy atom. The molecule has 37 heavy (non-hydrogen) atoms. The first-order valence-corrected chi connectivity index (χ1v) is 12.1. The minimum absolute atomic E-state index is 0.209. The second-order valence-corrected chi connectivity index (χ2v) is 8.64. The lowest BCUT2D eigenvalue weighted by atomic mass is 9.87. The Bertz CT molecular complexity index is 1370. The number of aryl methyl sites for hydroxylation is 2. The van der Waals surface area contributed by atoms with E-state index in [0.717, 1.165) is 45.8 Å². The van der Waals surface area contributed by atoms with Crippen molar-refractivity contribution in [2.24, 2.45) is 10.7 Å². The number of aromatic nitrogens is 2. The minimum atomic E-state index is -0.209. The first-order valence-electron chi connectivity index (χ1n) is 12.1. The molecule has 9 nitrogen and oxygen atoms in total. The van der Waals surface area contributed by atoms with Crippen LogP contribution in [-0.2, 0) is 11.2 Å². The number of rotatable bonds is 9. The Balaban J connectivity index is 1.65. The van der Waals surface area contributed by atoms with E-state index in [0.29, 0.717) is 42.5 Å². The van der Waals surface area contributed by atoms with Gasteiger partial charge in [0.1, 0.15) is 5.75 Å². The van der Waals surface area contributed by atoms with Gasteiger partial charge in [-0.15, -0.1) is 0 Å². The van der Waals surface area contributed by atoms with E-state index in [1.165, 1.54) is 0 Å². The average molecular weight is 501 g/mol. The van der Waals surface area contributed by atoms with Gasteiger partial charge in [0.25, 0.3) is 5.91 Å². The van der Waals surface area contributed by atoms with Gasteiger partial charge in [0.15, 0.2) is 0 Å². The summed E-state index contributed by atoms with van der Waals surface area (Å²) in [4.78, 5) is 26.4. The minimum Gasteiger partial charge on any atom is -0.495 e. The summed E-state index contributed by atoms with van der Waals surface area (Å²) in [5, 5.41) is 6.04. The van der Waals surface area contributed by atoms with Crippen LogP contribution in [0.3, 0.4) is 0 Å². The van der Waals surface area contributed by atoms with E-state index in [1.54, 1.807) is 39.5 Å². The molecule has 0 fully saturated rings. The molecular formula is C28H32N6O3. The van der Waals surface area contributed by atoms with Crippen molar-refractivity contribution in [1.29, 1.82) is 0 Å². The average Bonchev–Trinajstić information content (AvgIpc) is 2.91. The number of nitrogens with two attached hydrogens (primary N) is 1. The molecule has 0 saturated carbocycles. The molecule has 1 aliphatic carbocycles. The number of carbonyl (C=O) groups excluding carboxylic acids is 1. The fourth-order valence-electron chi connectivity index (χ4n) is 4.31. The van der Waals surface area contributed by atoms with Crippen LogP contribution in [0.1, 0.15) is 39.2 Å². The van der Waals surface area contributed by atoms with E-state index in [9.17, 15) is 4.79 Å². The maximum atomic E-state index is 12.4. The SMILES string of the molecule is CN=C(C1=C(N)CCc2cnc(Nc3ccc(C(=O)NCCOC)cc3OC)nc21)c1ccccc1C. The second-order valence-electron chi connectivity index (χ2n) is 8.64. The maximum Gasteiger partial charge on any atom is 0.251 e. The molecule has 0 spiro atoms. The van der Waals surface area contributed by atoms with Crippen LogP contribution < -0.4 is 21.1 Å². The molecule has 192 valence electrons. The van der Waals surface area contributed by atoms with Crippen LogP contribution in [0.4, 0.5) is 11.6 Å². The molecule has 1 amide bonds. The second kappa shape index (κ2) is 11.7. The quantitative estimate of drug-likeness (QED) is 0.303. The molecule has 0 atom stereocenters. The molecule has 0 bridgehead atoms. The smallest absolute Gasteiger partial charge is 0.251 e. The van der Waals surface area contributed by atoms with E-state index in [2.05, 4.69) is 33.6 Å². The molecule has 4 rings (SSSR count). The first-order chi connectivity index (χ1) is 18.0. The van der Waals surface area contributed by atoms with E-state index >= 15 is 0 Å². The summed E-state index contributed by atoms with van der Waals surface area (Å²) in [6, 6.07) is 13.3. The number of benzene rings is 2. The molecule has 0 saturated heterocycles. The summed E-state index contributed by atoms with van der Waals surface area (Å²) in [5.41, 5.74) is 14.0. The summed E-state index contributed by atoms with van der Waals surface area (Å²) in [6.07, 6.45) is 3.29. The van der Waals surface area contributed by atoms with Gasteiger partial charge in [-0.1, -0.05) is 24.3 Å². The number of allylic oxidation sites excluding steroid dienone is 2. The molecule has 1 aliphatic rings. The van der Waals surface area contributed by atoms with Crippen LogP contribution in [0.5, 0.6) is 5.75 Å². The molecule has 4 N–H and O–H groups in total. The molecule has 9 heteroatoms. The van der Waals surface area contributed by atoms with Gasteiger partial charge >= 0.3 is 0 Å². The zero-order valence-corrected chi connectivity index (χ0v) is 21.6. The lowest BCUT2D eigenvalue weighted by Crippen LogP contribution is -2.26. The molecular weight excluding hydrogens is 468 g/mol. The van der Waals surface area contributed by atoms with Crippen molar-refractivity contribution in [2.75, 3.05) is 39.7 Å². The highest BCUT2D eigenvalue weighted by Crippen LogP contribution is 2.33. The largest absolute Gasteiger partial charge is 0.495 e. The molecule has 0 aliphatic heterocycles. The fourth-order valence-corrected chi connectivity index (χ4v) is 4.31. The Labute approximate surface area is 216 Å². The molecule has 0 unspecified atom stereocenters. The highest BCUT2D eigenvalue weighted by Gasteiger charge is 2.25. The fraction of sp³-hybridized carbons (Fsp3) is 0.286. The van der Waals surface area contributed by atoms with Crippen molar-refractivity contribution in [3.63, 3.8) is 0 Å². The third kappa shape index (κ3) is 5.62. The Kier molecular flexibility index (Phi) is 8.15. The van der Waals surface area contributed by atoms with Gasteiger partial charge in [-0.05, 0) is 49.1 Å². The Hall–Kier alpha value is -4.24. The summed E-state index contributed by atoms with van der Waals surface area (Å²) in [7, 11) is 4.91. The molecule has 2 aromatic carbocycles. The third-order valence-corrected chi connectivity index (χ3v) is 6.25. The van der Waals surface area contributed by atoms with Crippen molar-refractivity contribution in [3.8, 4) is 5.75 Å². The van der Waals surface area contributed by atoms with Gasteiger partial charge in [-0.3, -0.25) is 9.79 Å². The van der Waals surface area contributed by atoms with Crippen molar-refractivity contribution >= 4 is 28.8 Å². The summed E-state index contributed by atoms with van der Waals surface area (Å²) in [6.45, 7) is 2.92. The lowest BCUT2D eigenvalue weighted by molar-refractivity contribution is 0.0937. The zero-order valence-electron chi connectivity index (χ0n) is 21.6. The summed E-state index contributed by atoms with van der Waals surface area (Å²) in [5.74, 6) is 0.674. The third-order valence-electron chi connectivity index (χ3n) is 6.25. The van der Waals surface area contributed by atoms with Crippen molar-refractivity contribution in [2.45, 2.75) is 19.8 Å². The van der Waals surface area contributed by atoms with Crippen LogP contribution in [-0.4, -0.2) is 56.0 Å². The highest BCUT2D eigenvalue weighted by molar-refractivity contribution is 6.33. The van der Waals surface area contributed by atoms with E-state index in [4.69, 9.17) is 20.2 Å². The number of nitrogens with one attached hydrogen (secondary N) is 2. The number of fused-ring (bicyclic) bond motifs is 1. The van der Waals surface area contributed by atoms with Crippen LogP contribution >= 0.6 is 0 Å². The maximum absolute atomic E-state index is 12.4. The standard InChI is InChI=1S/C28H32N6O3/c1-17-7-5-6-8-20(17)26(30-2)24-21(29)11-9-19-16-32-28(34-25(19)24)33-22-12-10-18(15-23(22)37-4)27(35)31-13-14-36-3/h5-8,10,12,15-16H,9,11,13-14,29H2,1-4H3,(H,31,35)(H,32,33,34).